The van der Waals surface area contributed by atoms with Crippen molar-refractivity contribution in [3.63, 3.8) is 0 Å². The Balaban J connectivity index is 1.94. The molecule has 1 heterocycles. The van der Waals surface area contributed by atoms with Crippen molar-refractivity contribution in [1.29, 1.82) is 0 Å². The van der Waals surface area contributed by atoms with Gasteiger partial charge in [0.25, 0.3) is 0 Å². The zero-order valence-electron chi connectivity index (χ0n) is 12.5. The molecule has 2 rings (SSSR count). The lowest BCUT2D eigenvalue weighted by atomic mass is 10.2. The Morgan fingerprint density at radius 2 is 2.23 bits per heavy atom. The number of carbonyl (C=O) groups excluding carboxylic acids is 1. The van der Waals surface area contributed by atoms with E-state index >= 15 is 0 Å². The summed E-state index contributed by atoms with van der Waals surface area (Å²) in [7, 11) is 0. The number of benzene rings is 1. The average Bonchev–Trinajstić information content (AvgIpc) is 2.90. The fraction of sp³-hybridized carbons (Fsp3) is 0.357. The van der Waals surface area contributed by atoms with Gasteiger partial charge in [-0.15, -0.1) is 10.2 Å². The zero-order chi connectivity index (χ0) is 16.1. The minimum Gasteiger partial charge on any atom is -0.360 e. The molecule has 2 aromatic rings. The predicted octanol–water partition coefficient (Wildman–Crippen LogP) is 3.54. The topological polar surface area (TPSA) is 66.9 Å². The van der Waals surface area contributed by atoms with Gasteiger partial charge in [-0.25, -0.2) is 4.39 Å². The molecule has 0 aliphatic heterocycles. The molecule has 22 heavy (non-hydrogen) atoms. The van der Waals surface area contributed by atoms with Crippen LogP contribution >= 0.6 is 23.1 Å². The summed E-state index contributed by atoms with van der Waals surface area (Å²) >= 11 is 2.73. The number of hydrogen-bond acceptors (Lipinski definition) is 6. The van der Waals surface area contributed by atoms with Crippen molar-refractivity contribution < 1.29 is 9.18 Å². The maximum absolute atomic E-state index is 13.5. The molecule has 0 spiro atoms. The molecule has 1 unspecified atom stereocenters. The molecule has 118 valence electrons. The Labute approximate surface area is 136 Å². The summed E-state index contributed by atoms with van der Waals surface area (Å²) < 4.78 is 14.2. The minimum absolute atomic E-state index is 0.201. The molecule has 0 saturated heterocycles. The van der Waals surface area contributed by atoms with Crippen molar-refractivity contribution in [2.75, 3.05) is 17.2 Å². The van der Waals surface area contributed by atoms with E-state index in [9.17, 15) is 9.18 Å². The Kier molecular flexibility index (Phi) is 5.73. The van der Waals surface area contributed by atoms with Crippen LogP contribution in [-0.2, 0) is 4.79 Å². The third-order valence-electron chi connectivity index (χ3n) is 2.82. The number of nitrogens with zero attached hydrogens (tertiary/aromatic N) is 2. The zero-order valence-corrected chi connectivity index (χ0v) is 14.1. The molecule has 0 bridgehead atoms. The normalized spacial score (nSPS) is 12.0. The fourth-order valence-electron chi connectivity index (χ4n) is 1.60. The van der Waals surface area contributed by atoms with Crippen LogP contribution in [0.5, 0.6) is 0 Å². The van der Waals surface area contributed by atoms with Crippen LogP contribution in [0.2, 0.25) is 0 Å². The molecule has 2 N–H and O–H groups in total. The second kappa shape index (κ2) is 7.55. The first-order valence-electron chi connectivity index (χ1n) is 6.80. The summed E-state index contributed by atoms with van der Waals surface area (Å²) in [6.45, 7) is 6.20. The van der Waals surface area contributed by atoms with Crippen molar-refractivity contribution in [2.24, 2.45) is 0 Å². The summed E-state index contributed by atoms with van der Waals surface area (Å²) in [6, 6.07) is 4.64. The van der Waals surface area contributed by atoms with Crippen LogP contribution in [0.15, 0.2) is 22.5 Å². The number of rotatable bonds is 6. The van der Waals surface area contributed by atoms with E-state index < -0.39 is 0 Å². The molecule has 1 aromatic carbocycles. The minimum atomic E-state index is -0.355. The second-order valence-electron chi connectivity index (χ2n) is 4.62. The van der Waals surface area contributed by atoms with E-state index in [2.05, 4.69) is 20.8 Å². The Morgan fingerprint density at radius 3 is 2.91 bits per heavy atom. The van der Waals surface area contributed by atoms with Crippen molar-refractivity contribution in [3.05, 3.63) is 29.6 Å². The summed E-state index contributed by atoms with van der Waals surface area (Å²) in [5.74, 6) is -0.536. The molecule has 0 fully saturated rings. The number of amides is 1. The van der Waals surface area contributed by atoms with Crippen molar-refractivity contribution >= 4 is 39.8 Å². The number of thioether (sulfide) groups is 1. The number of nitrogens with one attached hydrogen (secondary N) is 2. The molecular formula is C14H17FN4OS2. The Hall–Kier alpha value is -1.67. The van der Waals surface area contributed by atoms with Crippen molar-refractivity contribution in [3.8, 4) is 0 Å². The van der Waals surface area contributed by atoms with Gasteiger partial charge in [0.1, 0.15) is 5.82 Å². The highest BCUT2D eigenvalue weighted by atomic mass is 32.2. The summed E-state index contributed by atoms with van der Waals surface area (Å²) in [6.07, 6.45) is 0. The largest absolute Gasteiger partial charge is 0.360 e. The van der Waals surface area contributed by atoms with E-state index in [0.717, 1.165) is 11.7 Å². The lowest BCUT2D eigenvalue weighted by molar-refractivity contribution is -0.115. The standard InChI is InChI=1S/C14H17FN4OS2/c1-4-16-13-18-19-14(22-13)21-9(3)12(20)17-10-6-5-8(2)11(15)7-10/h5-7,9H,4H2,1-3H3,(H,16,18)(H,17,20). The SMILES string of the molecule is CCNc1nnc(SC(C)C(=O)Nc2ccc(C)c(F)c2)s1. The number of carbonyl (C=O) groups is 1. The lowest BCUT2D eigenvalue weighted by Gasteiger charge is -2.10. The Morgan fingerprint density at radius 1 is 1.45 bits per heavy atom. The van der Waals surface area contributed by atoms with E-state index in [1.165, 1.54) is 29.2 Å². The third kappa shape index (κ3) is 4.41. The molecule has 1 aromatic heterocycles. The summed E-state index contributed by atoms with van der Waals surface area (Å²) in [4.78, 5) is 12.1. The quantitative estimate of drug-likeness (QED) is 0.788. The van der Waals surface area contributed by atoms with E-state index in [1.54, 1.807) is 26.0 Å². The predicted molar refractivity (Wildman–Crippen MR) is 89.2 cm³/mol. The van der Waals surface area contributed by atoms with E-state index in [1.807, 2.05) is 6.92 Å². The van der Waals surface area contributed by atoms with Gasteiger partial charge in [-0.3, -0.25) is 4.79 Å². The van der Waals surface area contributed by atoms with Crippen LogP contribution in [0.1, 0.15) is 19.4 Å². The van der Waals surface area contributed by atoms with E-state index in [0.29, 0.717) is 15.6 Å². The Bertz CT molecular complexity index is 662. The molecule has 8 heteroatoms. The molecule has 0 aliphatic rings. The van der Waals surface area contributed by atoms with Gasteiger partial charge in [0, 0.05) is 12.2 Å². The highest BCUT2D eigenvalue weighted by Crippen LogP contribution is 2.29. The van der Waals surface area contributed by atoms with E-state index in [4.69, 9.17) is 0 Å². The van der Waals surface area contributed by atoms with Gasteiger partial charge >= 0.3 is 0 Å². The van der Waals surface area contributed by atoms with Gasteiger partial charge in [-0.1, -0.05) is 29.2 Å². The second-order valence-corrected chi connectivity index (χ2v) is 7.18. The number of hydrogen-bond donors (Lipinski definition) is 2. The van der Waals surface area contributed by atoms with Gasteiger partial charge in [-0.05, 0) is 38.5 Å². The van der Waals surface area contributed by atoms with Crippen LogP contribution in [0.4, 0.5) is 15.2 Å². The molecule has 1 atom stereocenters. The fourth-order valence-corrected chi connectivity index (χ4v) is 3.56. The maximum atomic E-state index is 13.5. The van der Waals surface area contributed by atoms with Crippen LogP contribution < -0.4 is 10.6 Å². The smallest absolute Gasteiger partial charge is 0.237 e. The van der Waals surface area contributed by atoms with Gasteiger partial charge < -0.3 is 10.6 Å². The van der Waals surface area contributed by atoms with Crippen molar-refractivity contribution in [1.82, 2.24) is 10.2 Å². The number of halogens is 1. The van der Waals surface area contributed by atoms with Crippen LogP contribution in [0, 0.1) is 12.7 Å². The van der Waals surface area contributed by atoms with Gasteiger partial charge in [0.15, 0.2) is 4.34 Å². The first kappa shape index (κ1) is 16.7. The number of aryl methyl sites for hydroxylation is 1. The molecule has 0 radical (unpaired) electrons. The molecule has 0 saturated carbocycles. The first-order chi connectivity index (χ1) is 10.5. The summed E-state index contributed by atoms with van der Waals surface area (Å²) in [5, 5.41) is 14.2. The maximum Gasteiger partial charge on any atom is 0.237 e. The van der Waals surface area contributed by atoms with Gasteiger partial charge in [0.2, 0.25) is 11.0 Å². The molecule has 0 aliphatic carbocycles. The first-order valence-corrected chi connectivity index (χ1v) is 8.50. The monoisotopic (exact) mass is 340 g/mol. The average molecular weight is 340 g/mol. The van der Waals surface area contributed by atoms with Crippen LogP contribution in [-0.4, -0.2) is 27.9 Å². The van der Waals surface area contributed by atoms with Crippen LogP contribution in [0.3, 0.4) is 0 Å². The third-order valence-corrected chi connectivity index (χ3v) is 4.89. The molecular weight excluding hydrogens is 323 g/mol. The van der Waals surface area contributed by atoms with Crippen molar-refractivity contribution in [2.45, 2.75) is 30.4 Å². The number of aromatic nitrogens is 2. The van der Waals surface area contributed by atoms with Gasteiger partial charge in [-0.2, -0.15) is 0 Å². The van der Waals surface area contributed by atoms with Crippen LogP contribution in [0.25, 0.3) is 0 Å². The lowest BCUT2D eigenvalue weighted by Crippen LogP contribution is -2.22. The number of anilines is 2. The molecule has 5 nitrogen and oxygen atoms in total. The van der Waals surface area contributed by atoms with E-state index in [-0.39, 0.29) is 17.0 Å². The highest BCUT2D eigenvalue weighted by molar-refractivity contribution is 8.02. The molecule has 1 amide bonds. The highest BCUT2D eigenvalue weighted by Gasteiger charge is 2.17. The summed E-state index contributed by atoms with van der Waals surface area (Å²) in [5.41, 5.74) is 0.997. The van der Waals surface area contributed by atoms with Gasteiger partial charge in [0.05, 0.1) is 5.25 Å².